The highest BCUT2D eigenvalue weighted by molar-refractivity contribution is 8.01. The lowest BCUT2D eigenvalue weighted by atomic mass is 10.0. The van der Waals surface area contributed by atoms with Gasteiger partial charge in [-0.05, 0) is 37.3 Å². The van der Waals surface area contributed by atoms with Gasteiger partial charge in [-0.1, -0.05) is 29.8 Å². The molecule has 1 saturated heterocycles. The van der Waals surface area contributed by atoms with E-state index < -0.39 is 28.4 Å². The molecule has 2 aliphatic heterocycles. The van der Waals surface area contributed by atoms with Crippen molar-refractivity contribution in [3.05, 3.63) is 94.8 Å². The average Bonchev–Trinajstić information content (AvgIpc) is 3.33. The minimum Gasteiger partial charge on any atom is -0.308 e. The van der Waals surface area contributed by atoms with Gasteiger partial charge in [0.05, 0.1) is 12.2 Å². The zero-order valence-electron chi connectivity index (χ0n) is 18.1. The number of rotatable bonds is 3. The molecule has 5 rings (SSSR count). The predicted molar refractivity (Wildman–Crippen MR) is 125 cm³/mol. The summed E-state index contributed by atoms with van der Waals surface area (Å²) in [6, 6.07) is 13.7. The summed E-state index contributed by atoms with van der Waals surface area (Å²) >= 11 is 1.33. The smallest absolute Gasteiger partial charge is 0.308 e. The van der Waals surface area contributed by atoms with Gasteiger partial charge in [-0.3, -0.25) is 9.69 Å². The first-order valence-electron chi connectivity index (χ1n) is 10.6. The molecule has 5 nitrogen and oxygen atoms in total. The van der Waals surface area contributed by atoms with Crippen LogP contribution < -0.4 is 10.2 Å². The van der Waals surface area contributed by atoms with Crippen molar-refractivity contribution < 1.29 is 22.8 Å². The number of aryl methyl sites for hydroxylation is 1. The highest BCUT2D eigenvalue weighted by atomic mass is 32.2. The Kier molecular flexibility index (Phi) is 5.51. The number of hydrogen-bond donors (Lipinski definition) is 1. The van der Waals surface area contributed by atoms with E-state index in [1.54, 1.807) is 12.1 Å². The second kappa shape index (κ2) is 8.39. The zero-order valence-corrected chi connectivity index (χ0v) is 19.0. The van der Waals surface area contributed by atoms with Crippen LogP contribution in [0.15, 0.2) is 60.7 Å². The molecule has 9 heteroatoms. The van der Waals surface area contributed by atoms with Crippen molar-refractivity contribution in [1.82, 2.24) is 4.90 Å². The van der Waals surface area contributed by atoms with Gasteiger partial charge in [0.25, 0.3) is 5.91 Å². The summed E-state index contributed by atoms with van der Waals surface area (Å²) in [5.74, 6) is -1.81. The lowest BCUT2D eigenvalue weighted by Gasteiger charge is -2.33. The van der Waals surface area contributed by atoms with E-state index in [9.17, 15) is 22.8 Å². The number of hydrogen-bond acceptors (Lipinski definition) is 3. The maximum absolute atomic E-state index is 14.4. The van der Waals surface area contributed by atoms with E-state index in [1.165, 1.54) is 45.8 Å². The molecule has 0 aliphatic carbocycles. The molecule has 1 spiro atoms. The van der Waals surface area contributed by atoms with Crippen molar-refractivity contribution in [2.75, 3.05) is 22.5 Å². The average molecular weight is 484 g/mol. The molecule has 34 heavy (non-hydrogen) atoms. The topological polar surface area (TPSA) is 52.7 Å². The Hall–Kier alpha value is -3.46. The normalized spacial score (nSPS) is 19.1. The highest BCUT2D eigenvalue weighted by Gasteiger charge is 2.59. The number of benzene rings is 3. The van der Waals surface area contributed by atoms with E-state index in [4.69, 9.17) is 0 Å². The number of amides is 3. The van der Waals surface area contributed by atoms with Gasteiger partial charge in [0.1, 0.15) is 17.5 Å². The van der Waals surface area contributed by atoms with Crippen LogP contribution in [-0.4, -0.2) is 29.1 Å². The van der Waals surface area contributed by atoms with E-state index in [1.807, 2.05) is 19.1 Å². The quantitative estimate of drug-likeness (QED) is 0.543. The summed E-state index contributed by atoms with van der Waals surface area (Å²) in [5, 5.41) is 2.68. The van der Waals surface area contributed by atoms with Gasteiger partial charge >= 0.3 is 6.03 Å². The zero-order chi connectivity index (χ0) is 24.0. The Balaban J connectivity index is 1.54. The fourth-order valence-corrected chi connectivity index (χ4v) is 5.92. The van der Waals surface area contributed by atoms with Crippen LogP contribution in [0.2, 0.25) is 0 Å². The molecule has 1 unspecified atom stereocenters. The summed E-state index contributed by atoms with van der Waals surface area (Å²) in [5.41, 5.74) is 2.54. The van der Waals surface area contributed by atoms with Gasteiger partial charge in [-0.25, -0.2) is 18.0 Å². The van der Waals surface area contributed by atoms with Gasteiger partial charge < -0.3 is 10.2 Å². The first kappa shape index (κ1) is 22.3. The number of thioether (sulfide) groups is 1. The molecule has 0 bridgehead atoms. The van der Waals surface area contributed by atoms with Crippen molar-refractivity contribution in [1.29, 1.82) is 0 Å². The standard InChI is InChI=1S/C25H20F3N3O2S/c1-15-5-8-22-20(11-15)25(23(32)30(22)14-16-6-7-18(27)13-21(16)28)31(9-10-34-25)24(33)29-19-4-2-3-17(26)12-19/h2-8,11-13H,9-10,14H2,1H3,(H,29,33). The summed E-state index contributed by atoms with van der Waals surface area (Å²) in [6.45, 7) is 2.07. The molecular formula is C25H20F3N3O2S. The fourth-order valence-electron chi connectivity index (χ4n) is 4.46. The Morgan fingerprint density at radius 2 is 1.85 bits per heavy atom. The number of urea groups is 1. The molecule has 1 atom stereocenters. The van der Waals surface area contributed by atoms with Crippen LogP contribution in [0, 0.1) is 24.4 Å². The molecule has 0 aromatic heterocycles. The number of carbonyl (C=O) groups is 2. The molecule has 2 aliphatic rings. The van der Waals surface area contributed by atoms with Crippen LogP contribution >= 0.6 is 11.8 Å². The van der Waals surface area contributed by atoms with Gasteiger partial charge in [0.2, 0.25) is 0 Å². The van der Waals surface area contributed by atoms with Crippen LogP contribution in [0.1, 0.15) is 16.7 Å². The predicted octanol–water partition coefficient (Wildman–Crippen LogP) is 5.39. The summed E-state index contributed by atoms with van der Waals surface area (Å²) in [6.07, 6.45) is 0. The Morgan fingerprint density at radius 1 is 1.06 bits per heavy atom. The molecule has 0 saturated carbocycles. The first-order valence-corrected chi connectivity index (χ1v) is 11.6. The number of carbonyl (C=O) groups excluding carboxylic acids is 2. The molecule has 1 fully saturated rings. The van der Waals surface area contributed by atoms with Crippen molar-refractivity contribution >= 4 is 35.1 Å². The largest absolute Gasteiger partial charge is 0.323 e. The molecule has 174 valence electrons. The number of nitrogens with one attached hydrogen (secondary N) is 1. The van der Waals surface area contributed by atoms with E-state index in [2.05, 4.69) is 5.32 Å². The summed E-state index contributed by atoms with van der Waals surface area (Å²) in [4.78, 5) is 28.8. The monoisotopic (exact) mass is 483 g/mol. The molecule has 2 heterocycles. The van der Waals surface area contributed by atoms with Crippen molar-refractivity contribution in [2.45, 2.75) is 18.3 Å². The molecular weight excluding hydrogens is 463 g/mol. The molecule has 1 N–H and O–H groups in total. The van der Waals surface area contributed by atoms with E-state index in [-0.39, 0.29) is 23.7 Å². The number of nitrogens with zero attached hydrogens (tertiary/aromatic N) is 2. The van der Waals surface area contributed by atoms with Crippen LogP contribution in [0.3, 0.4) is 0 Å². The minimum atomic E-state index is -1.34. The van der Waals surface area contributed by atoms with Gasteiger partial charge in [0.15, 0.2) is 4.87 Å². The van der Waals surface area contributed by atoms with E-state index in [0.29, 0.717) is 23.5 Å². The second-order valence-electron chi connectivity index (χ2n) is 8.23. The van der Waals surface area contributed by atoms with Crippen LogP contribution in [0.5, 0.6) is 0 Å². The molecule has 3 amide bonds. The Labute approximate surface area is 198 Å². The number of fused-ring (bicyclic) bond motifs is 2. The Bertz CT molecular complexity index is 1320. The minimum absolute atomic E-state index is 0.108. The summed E-state index contributed by atoms with van der Waals surface area (Å²) < 4.78 is 41.5. The van der Waals surface area contributed by atoms with E-state index in [0.717, 1.165) is 17.7 Å². The van der Waals surface area contributed by atoms with Crippen LogP contribution in [0.4, 0.5) is 29.3 Å². The third-order valence-corrected chi connectivity index (χ3v) is 7.43. The number of halogens is 3. The Morgan fingerprint density at radius 3 is 2.62 bits per heavy atom. The van der Waals surface area contributed by atoms with Crippen molar-refractivity contribution in [3.63, 3.8) is 0 Å². The lowest BCUT2D eigenvalue weighted by Crippen LogP contribution is -2.51. The van der Waals surface area contributed by atoms with Crippen molar-refractivity contribution in [2.24, 2.45) is 0 Å². The fraction of sp³-hybridized carbons (Fsp3) is 0.200. The maximum atomic E-state index is 14.4. The lowest BCUT2D eigenvalue weighted by molar-refractivity contribution is -0.123. The van der Waals surface area contributed by atoms with Gasteiger partial charge in [-0.15, -0.1) is 11.8 Å². The van der Waals surface area contributed by atoms with Crippen molar-refractivity contribution in [3.8, 4) is 0 Å². The molecule has 3 aromatic carbocycles. The van der Waals surface area contributed by atoms with Crippen LogP contribution in [-0.2, 0) is 16.2 Å². The first-order chi connectivity index (χ1) is 16.3. The second-order valence-corrected chi connectivity index (χ2v) is 9.52. The maximum Gasteiger partial charge on any atom is 0.323 e. The third-order valence-electron chi connectivity index (χ3n) is 6.01. The van der Waals surface area contributed by atoms with Gasteiger partial charge in [-0.2, -0.15) is 0 Å². The molecule has 3 aromatic rings. The van der Waals surface area contributed by atoms with Gasteiger partial charge in [0, 0.05) is 35.2 Å². The molecule has 0 radical (unpaired) electrons. The number of anilines is 2. The van der Waals surface area contributed by atoms with E-state index >= 15 is 0 Å². The third kappa shape index (κ3) is 3.60. The van der Waals surface area contributed by atoms with Crippen LogP contribution in [0.25, 0.3) is 0 Å². The highest BCUT2D eigenvalue weighted by Crippen LogP contribution is 2.54. The SMILES string of the molecule is Cc1ccc2c(c1)C1(SCCN1C(=O)Nc1cccc(F)c1)C(=O)N2Cc1ccc(F)cc1F. The summed E-state index contributed by atoms with van der Waals surface area (Å²) in [7, 11) is 0.